The Bertz CT molecular complexity index is 593. The first kappa shape index (κ1) is 13.1. The highest BCUT2D eigenvalue weighted by Crippen LogP contribution is 2.21. The predicted molar refractivity (Wildman–Crippen MR) is 69.3 cm³/mol. The number of benzene rings is 1. The monoisotopic (exact) mass is 279 g/mol. The van der Waals surface area contributed by atoms with Crippen LogP contribution >= 0.6 is 0 Å². The zero-order valence-electron chi connectivity index (χ0n) is 10.9. The topological polar surface area (TPSA) is 34.4 Å². The molecule has 0 radical (unpaired) electrons. The average molecular weight is 279 g/mol. The maximum absolute atomic E-state index is 13.4. The Morgan fingerprint density at radius 1 is 1.25 bits per heavy atom. The highest BCUT2D eigenvalue weighted by molar-refractivity contribution is 5.25. The first-order valence-corrected chi connectivity index (χ1v) is 6.58. The Morgan fingerprint density at radius 3 is 2.85 bits per heavy atom. The molecule has 0 unspecified atom stereocenters. The van der Waals surface area contributed by atoms with Gasteiger partial charge in [0.05, 0.1) is 6.26 Å². The summed E-state index contributed by atoms with van der Waals surface area (Å²) in [4.78, 5) is 0. The van der Waals surface area contributed by atoms with Crippen LogP contribution < -0.4 is 10.1 Å². The lowest BCUT2D eigenvalue weighted by Crippen LogP contribution is -2.14. The molecule has 0 amide bonds. The standard InChI is InChI=1S/C15H15F2NO2/c16-11-1-4-15(14(17)6-11)20-9-13-5-10(8-19-13)7-18-12-2-3-12/h1,4-6,8,12,18H,2-3,7,9H2. The van der Waals surface area contributed by atoms with Crippen LogP contribution in [-0.2, 0) is 13.2 Å². The van der Waals surface area contributed by atoms with Gasteiger partial charge in [0.25, 0.3) is 0 Å². The minimum Gasteiger partial charge on any atom is -0.483 e. The molecule has 0 spiro atoms. The number of ether oxygens (including phenoxy) is 1. The van der Waals surface area contributed by atoms with E-state index >= 15 is 0 Å². The first-order valence-electron chi connectivity index (χ1n) is 6.58. The summed E-state index contributed by atoms with van der Waals surface area (Å²) in [6.45, 7) is 0.880. The Kier molecular flexibility index (Phi) is 3.69. The molecule has 0 saturated heterocycles. The van der Waals surface area contributed by atoms with Crippen LogP contribution in [0.5, 0.6) is 5.75 Å². The molecule has 0 atom stereocenters. The van der Waals surface area contributed by atoms with Gasteiger partial charge in [-0.05, 0) is 31.0 Å². The summed E-state index contributed by atoms with van der Waals surface area (Å²) >= 11 is 0. The van der Waals surface area contributed by atoms with Crippen LogP contribution in [0.3, 0.4) is 0 Å². The number of hydrogen-bond acceptors (Lipinski definition) is 3. The van der Waals surface area contributed by atoms with E-state index in [1.54, 1.807) is 6.26 Å². The molecular formula is C15H15F2NO2. The van der Waals surface area contributed by atoms with Crippen molar-refractivity contribution in [2.75, 3.05) is 0 Å². The van der Waals surface area contributed by atoms with Crippen LogP contribution in [0.4, 0.5) is 8.78 Å². The summed E-state index contributed by atoms with van der Waals surface area (Å²) in [6, 6.07) is 5.73. The molecule has 1 heterocycles. The maximum atomic E-state index is 13.4. The van der Waals surface area contributed by atoms with Gasteiger partial charge < -0.3 is 14.5 Å². The van der Waals surface area contributed by atoms with E-state index < -0.39 is 11.6 Å². The second-order valence-corrected chi connectivity index (χ2v) is 4.94. The van der Waals surface area contributed by atoms with Gasteiger partial charge in [-0.25, -0.2) is 8.78 Å². The predicted octanol–water partition coefficient (Wildman–Crippen LogP) is 3.39. The molecular weight excluding hydrogens is 264 g/mol. The van der Waals surface area contributed by atoms with Gasteiger partial charge >= 0.3 is 0 Å². The molecule has 1 N–H and O–H groups in total. The van der Waals surface area contributed by atoms with Crippen LogP contribution in [-0.4, -0.2) is 6.04 Å². The van der Waals surface area contributed by atoms with Gasteiger partial charge in [-0.15, -0.1) is 0 Å². The van der Waals surface area contributed by atoms with Crippen molar-refractivity contribution in [3.8, 4) is 5.75 Å². The molecule has 3 nitrogen and oxygen atoms in total. The van der Waals surface area contributed by atoms with E-state index in [9.17, 15) is 8.78 Å². The third-order valence-electron chi connectivity index (χ3n) is 3.14. The second-order valence-electron chi connectivity index (χ2n) is 4.94. The van der Waals surface area contributed by atoms with E-state index in [0.717, 1.165) is 24.2 Å². The summed E-state index contributed by atoms with van der Waals surface area (Å²) in [6.07, 6.45) is 4.13. The van der Waals surface area contributed by atoms with Crippen molar-refractivity contribution >= 4 is 0 Å². The van der Waals surface area contributed by atoms with Gasteiger partial charge in [0.2, 0.25) is 0 Å². The molecule has 3 rings (SSSR count). The fraction of sp³-hybridized carbons (Fsp3) is 0.333. The maximum Gasteiger partial charge on any atom is 0.167 e. The van der Waals surface area contributed by atoms with Gasteiger partial charge in [0.1, 0.15) is 18.2 Å². The molecule has 1 aromatic carbocycles. The molecule has 0 bridgehead atoms. The molecule has 5 heteroatoms. The highest BCUT2D eigenvalue weighted by atomic mass is 19.1. The van der Waals surface area contributed by atoms with E-state index in [0.29, 0.717) is 11.8 Å². The fourth-order valence-corrected chi connectivity index (χ4v) is 1.89. The smallest absolute Gasteiger partial charge is 0.167 e. The lowest BCUT2D eigenvalue weighted by Gasteiger charge is -2.04. The lowest BCUT2D eigenvalue weighted by atomic mass is 10.3. The van der Waals surface area contributed by atoms with Crippen molar-refractivity contribution in [2.45, 2.75) is 32.0 Å². The number of nitrogens with one attached hydrogen (secondary N) is 1. The number of halogens is 2. The quantitative estimate of drug-likeness (QED) is 0.880. The van der Waals surface area contributed by atoms with Crippen molar-refractivity contribution in [1.82, 2.24) is 5.32 Å². The zero-order chi connectivity index (χ0) is 13.9. The molecule has 106 valence electrons. The summed E-state index contributed by atoms with van der Waals surface area (Å²) in [5, 5.41) is 3.37. The second kappa shape index (κ2) is 5.63. The summed E-state index contributed by atoms with van der Waals surface area (Å²) < 4.78 is 36.7. The molecule has 1 aliphatic carbocycles. The molecule has 1 saturated carbocycles. The SMILES string of the molecule is Fc1ccc(OCc2cc(CNC3CC3)co2)c(F)c1. The number of hydrogen-bond donors (Lipinski definition) is 1. The molecule has 1 aliphatic rings. The number of rotatable bonds is 6. The van der Waals surface area contributed by atoms with Gasteiger partial charge in [-0.1, -0.05) is 0 Å². The average Bonchev–Trinajstić information content (AvgIpc) is 3.14. The van der Waals surface area contributed by atoms with E-state index in [2.05, 4.69) is 5.32 Å². The third kappa shape index (κ3) is 3.36. The van der Waals surface area contributed by atoms with Gasteiger partial charge in [0, 0.05) is 24.2 Å². The summed E-state index contributed by atoms with van der Waals surface area (Å²) in [5.74, 6) is -0.713. The first-order chi connectivity index (χ1) is 9.70. The van der Waals surface area contributed by atoms with Crippen molar-refractivity contribution in [2.24, 2.45) is 0 Å². The van der Waals surface area contributed by atoms with Gasteiger partial charge in [0.15, 0.2) is 11.6 Å². The van der Waals surface area contributed by atoms with E-state index in [4.69, 9.17) is 9.15 Å². The lowest BCUT2D eigenvalue weighted by molar-refractivity contribution is 0.258. The zero-order valence-corrected chi connectivity index (χ0v) is 10.9. The molecule has 20 heavy (non-hydrogen) atoms. The molecule has 1 fully saturated rings. The third-order valence-corrected chi connectivity index (χ3v) is 3.14. The van der Waals surface area contributed by atoms with Crippen molar-refractivity contribution in [1.29, 1.82) is 0 Å². The van der Waals surface area contributed by atoms with Crippen LogP contribution in [0.15, 0.2) is 34.9 Å². The minimum absolute atomic E-state index is 0.0143. The van der Waals surface area contributed by atoms with E-state index in [1.807, 2.05) is 6.07 Å². The Balaban J connectivity index is 1.54. The van der Waals surface area contributed by atoms with Crippen LogP contribution in [0.25, 0.3) is 0 Å². The summed E-state index contributed by atoms with van der Waals surface area (Å²) in [7, 11) is 0. The Morgan fingerprint density at radius 2 is 2.10 bits per heavy atom. The van der Waals surface area contributed by atoms with Gasteiger partial charge in [-0.2, -0.15) is 0 Å². The van der Waals surface area contributed by atoms with Crippen LogP contribution in [0.1, 0.15) is 24.2 Å². The van der Waals surface area contributed by atoms with Crippen molar-refractivity contribution in [3.63, 3.8) is 0 Å². The van der Waals surface area contributed by atoms with Crippen LogP contribution in [0, 0.1) is 11.6 Å². The van der Waals surface area contributed by atoms with E-state index in [-0.39, 0.29) is 12.4 Å². The number of furan rings is 1. The molecule has 1 aromatic heterocycles. The van der Waals surface area contributed by atoms with Crippen molar-refractivity contribution < 1.29 is 17.9 Å². The van der Waals surface area contributed by atoms with E-state index in [1.165, 1.54) is 18.9 Å². The molecule has 0 aliphatic heterocycles. The fourth-order valence-electron chi connectivity index (χ4n) is 1.89. The largest absolute Gasteiger partial charge is 0.483 e. The minimum atomic E-state index is -0.716. The van der Waals surface area contributed by atoms with Crippen molar-refractivity contribution in [3.05, 3.63) is 53.5 Å². The highest BCUT2D eigenvalue weighted by Gasteiger charge is 2.20. The normalized spacial score (nSPS) is 14.5. The van der Waals surface area contributed by atoms with Gasteiger partial charge in [-0.3, -0.25) is 0 Å². The Labute approximate surface area is 115 Å². The molecule has 2 aromatic rings. The Hall–Kier alpha value is -1.88. The van der Waals surface area contributed by atoms with Crippen LogP contribution in [0.2, 0.25) is 0 Å². The summed E-state index contributed by atoms with van der Waals surface area (Å²) in [5.41, 5.74) is 1.04.